The SMILES string of the molecule is Cn1nnnc1Sc1ccc(Br)cc1NC(=O)Cn1ccc(C(F)(F)F)n1. The summed E-state index contributed by atoms with van der Waals surface area (Å²) >= 11 is 4.55. The van der Waals surface area contributed by atoms with Crippen LogP contribution in [0.5, 0.6) is 0 Å². The molecule has 0 spiro atoms. The Hall–Kier alpha value is -2.41. The van der Waals surface area contributed by atoms with Gasteiger partial charge in [0.2, 0.25) is 11.1 Å². The molecule has 0 bridgehead atoms. The van der Waals surface area contributed by atoms with Gasteiger partial charge in [-0.2, -0.15) is 18.3 Å². The second-order valence-corrected chi connectivity index (χ2v) is 7.20. The van der Waals surface area contributed by atoms with Crippen LogP contribution in [0.25, 0.3) is 0 Å². The number of carbonyl (C=O) groups is 1. The van der Waals surface area contributed by atoms with Crippen LogP contribution in [-0.2, 0) is 24.6 Å². The van der Waals surface area contributed by atoms with Crippen molar-refractivity contribution in [1.82, 2.24) is 30.0 Å². The van der Waals surface area contributed by atoms with Crippen LogP contribution in [0.4, 0.5) is 18.9 Å². The van der Waals surface area contributed by atoms with E-state index >= 15 is 0 Å². The molecule has 2 aromatic heterocycles. The highest BCUT2D eigenvalue weighted by Crippen LogP contribution is 2.34. The van der Waals surface area contributed by atoms with E-state index in [-0.39, 0.29) is 6.54 Å². The van der Waals surface area contributed by atoms with E-state index in [1.54, 1.807) is 25.2 Å². The van der Waals surface area contributed by atoms with E-state index in [2.05, 4.69) is 41.9 Å². The van der Waals surface area contributed by atoms with Crippen LogP contribution in [0.3, 0.4) is 0 Å². The van der Waals surface area contributed by atoms with E-state index in [1.807, 2.05) is 0 Å². The van der Waals surface area contributed by atoms with Crippen molar-refractivity contribution in [2.45, 2.75) is 22.8 Å². The summed E-state index contributed by atoms with van der Waals surface area (Å²) in [5.74, 6) is -0.525. The number of rotatable bonds is 5. The lowest BCUT2D eigenvalue weighted by molar-refractivity contribution is -0.141. The van der Waals surface area contributed by atoms with Gasteiger partial charge in [0.05, 0.1) is 5.69 Å². The third-order valence-corrected chi connectivity index (χ3v) is 4.83. The number of nitrogens with one attached hydrogen (secondary N) is 1. The van der Waals surface area contributed by atoms with E-state index < -0.39 is 17.8 Å². The number of hydrogen-bond acceptors (Lipinski definition) is 6. The summed E-state index contributed by atoms with van der Waals surface area (Å²) in [6.45, 7) is -0.363. The van der Waals surface area contributed by atoms with Crippen LogP contribution >= 0.6 is 27.7 Å². The van der Waals surface area contributed by atoms with Gasteiger partial charge in [-0.05, 0) is 46.5 Å². The fraction of sp³-hybridized carbons (Fsp3) is 0.214. The normalized spacial score (nSPS) is 11.6. The minimum atomic E-state index is -4.56. The number of hydrogen-bond donors (Lipinski definition) is 1. The van der Waals surface area contributed by atoms with Gasteiger partial charge >= 0.3 is 6.18 Å². The van der Waals surface area contributed by atoms with Gasteiger partial charge < -0.3 is 5.32 Å². The van der Waals surface area contributed by atoms with Crippen molar-refractivity contribution in [3.63, 3.8) is 0 Å². The minimum absolute atomic E-state index is 0.363. The first-order chi connectivity index (χ1) is 12.7. The Kier molecular flexibility index (Phi) is 5.51. The fourth-order valence-electron chi connectivity index (χ4n) is 2.03. The minimum Gasteiger partial charge on any atom is -0.323 e. The van der Waals surface area contributed by atoms with E-state index in [9.17, 15) is 18.0 Å². The Bertz CT molecular complexity index is 972. The molecule has 0 aliphatic rings. The van der Waals surface area contributed by atoms with Crippen molar-refractivity contribution in [3.05, 3.63) is 40.6 Å². The van der Waals surface area contributed by atoms with Gasteiger partial charge in [-0.3, -0.25) is 9.48 Å². The van der Waals surface area contributed by atoms with Gasteiger partial charge in [0, 0.05) is 22.6 Å². The zero-order valence-corrected chi connectivity index (χ0v) is 16.0. The van der Waals surface area contributed by atoms with Crippen LogP contribution in [0.1, 0.15) is 5.69 Å². The molecule has 2 heterocycles. The van der Waals surface area contributed by atoms with Crippen molar-refractivity contribution in [3.8, 4) is 0 Å². The smallest absolute Gasteiger partial charge is 0.323 e. The topological polar surface area (TPSA) is 90.5 Å². The molecule has 27 heavy (non-hydrogen) atoms. The molecule has 0 saturated heterocycles. The quantitative estimate of drug-likeness (QED) is 0.627. The molecule has 0 saturated carbocycles. The summed E-state index contributed by atoms with van der Waals surface area (Å²) in [5.41, 5.74) is -0.589. The van der Waals surface area contributed by atoms with Gasteiger partial charge in [0.1, 0.15) is 6.54 Å². The van der Waals surface area contributed by atoms with Crippen molar-refractivity contribution in [1.29, 1.82) is 0 Å². The fourth-order valence-corrected chi connectivity index (χ4v) is 3.19. The van der Waals surface area contributed by atoms with Gasteiger partial charge in [-0.15, -0.1) is 5.10 Å². The second kappa shape index (κ2) is 7.68. The summed E-state index contributed by atoms with van der Waals surface area (Å²) in [6.07, 6.45) is -3.45. The third kappa shape index (κ3) is 4.86. The van der Waals surface area contributed by atoms with Crippen LogP contribution in [0.15, 0.2) is 45.0 Å². The molecule has 0 radical (unpaired) electrons. The first-order valence-corrected chi connectivity index (χ1v) is 8.93. The molecule has 0 fully saturated rings. The summed E-state index contributed by atoms with van der Waals surface area (Å²) in [5, 5.41) is 17.7. The number of carbonyl (C=O) groups excluding carboxylic acids is 1. The number of nitrogens with zero attached hydrogens (tertiary/aromatic N) is 6. The van der Waals surface area contributed by atoms with Gasteiger partial charge in [-0.25, -0.2) is 4.68 Å². The van der Waals surface area contributed by atoms with Crippen LogP contribution < -0.4 is 5.32 Å². The molecule has 3 rings (SSSR count). The standard InChI is InChI=1S/C14H11BrF3N7OS/c1-24-13(20-22-23-24)27-10-3-2-8(15)6-9(10)19-12(26)7-25-5-4-11(21-25)14(16,17)18/h2-6H,7H2,1H3,(H,19,26). The summed E-state index contributed by atoms with van der Waals surface area (Å²) in [7, 11) is 1.68. The Morgan fingerprint density at radius 2 is 2.11 bits per heavy atom. The second-order valence-electron chi connectivity index (χ2n) is 5.27. The summed E-state index contributed by atoms with van der Waals surface area (Å²) < 4.78 is 40.9. The van der Waals surface area contributed by atoms with Gasteiger partial charge in [-0.1, -0.05) is 15.9 Å². The number of aryl methyl sites for hydroxylation is 1. The maximum absolute atomic E-state index is 12.6. The highest BCUT2D eigenvalue weighted by atomic mass is 79.9. The first-order valence-electron chi connectivity index (χ1n) is 7.32. The first kappa shape index (κ1) is 19.4. The molecule has 1 N–H and O–H groups in total. The van der Waals surface area contributed by atoms with E-state index in [4.69, 9.17) is 0 Å². The highest BCUT2D eigenvalue weighted by Gasteiger charge is 2.33. The number of alkyl halides is 3. The van der Waals surface area contributed by atoms with Gasteiger partial charge in [0.25, 0.3) is 0 Å². The van der Waals surface area contributed by atoms with Crippen LogP contribution in [-0.4, -0.2) is 35.9 Å². The summed E-state index contributed by atoms with van der Waals surface area (Å²) in [4.78, 5) is 12.9. The maximum Gasteiger partial charge on any atom is 0.435 e. The van der Waals surface area contributed by atoms with Crippen molar-refractivity contribution in [2.75, 3.05) is 5.32 Å². The Morgan fingerprint density at radius 1 is 1.33 bits per heavy atom. The Morgan fingerprint density at radius 3 is 2.74 bits per heavy atom. The number of anilines is 1. The highest BCUT2D eigenvalue weighted by molar-refractivity contribution is 9.10. The molecule has 0 aliphatic carbocycles. The number of tetrazole rings is 1. The third-order valence-electron chi connectivity index (χ3n) is 3.23. The molecule has 8 nitrogen and oxygen atoms in total. The zero-order chi connectivity index (χ0) is 19.6. The number of amides is 1. The van der Waals surface area contributed by atoms with Crippen LogP contribution in [0, 0.1) is 0 Å². The molecular weight excluding hydrogens is 451 g/mol. The molecular formula is C14H11BrF3N7OS. The van der Waals surface area contributed by atoms with Crippen molar-refractivity contribution in [2.24, 2.45) is 7.05 Å². The van der Waals surface area contributed by atoms with Crippen LogP contribution in [0.2, 0.25) is 0 Å². The average molecular weight is 462 g/mol. The monoisotopic (exact) mass is 461 g/mol. The average Bonchev–Trinajstić information content (AvgIpc) is 3.19. The lowest BCUT2D eigenvalue weighted by Crippen LogP contribution is -2.20. The molecule has 0 atom stereocenters. The summed E-state index contributed by atoms with van der Waals surface area (Å²) in [6, 6.07) is 6.03. The van der Waals surface area contributed by atoms with E-state index in [1.165, 1.54) is 16.4 Å². The predicted octanol–water partition coefficient (Wildman–Crippen LogP) is 2.98. The molecule has 1 aromatic carbocycles. The zero-order valence-electron chi connectivity index (χ0n) is 13.6. The molecule has 0 aliphatic heterocycles. The maximum atomic E-state index is 12.6. The predicted molar refractivity (Wildman–Crippen MR) is 92.9 cm³/mol. The number of aromatic nitrogens is 6. The molecule has 13 heteroatoms. The molecule has 0 unspecified atom stereocenters. The lowest BCUT2D eigenvalue weighted by atomic mass is 10.3. The molecule has 142 valence electrons. The molecule has 1 amide bonds. The molecule has 3 aromatic rings. The number of halogens is 4. The lowest BCUT2D eigenvalue weighted by Gasteiger charge is -2.11. The van der Waals surface area contributed by atoms with E-state index in [0.717, 1.165) is 21.4 Å². The largest absolute Gasteiger partial charge is 0.435 e. The Balaban J connectivity index is 1.74. The van der Waals surface area contributed by atoms with Gasteiger partial charge in [0.15, 0.2) is 5.69 Å². The Labute approximate surface area is 163 Å². The van der Waals surface area contributed by atoms with E-state index in [0.29, 0.717) is 15.7 Å². The number of benzene rings is 1. The van der Waals surface area contributed by atoms with Crippen molar-refractivity contribution >= 4 is 39.3 Å². The van der Waals surface area contributed by atoms with Crippen molar-refractivity contribution < 1.29 is 18.0 Å².